The van der Waals surface area contributed by atoms with Crippen LogP contribution in [-0.2, 0) is 0 Å². The van der Waals surface area contributed by atoms with E-state index in [2.05, 4.69) is 29.8 Å². The average Bonchev–Trinajstić information content (AvgIpc) is 2.69. The number of rotatable bonds is 3. The van der Waals surface area contributed by atoms with Crippen molar-refractivity contribution in [3.8, 4) is 0 Å². The van der Waals surface area contributed by atoms with Crippen LogP contribution in [0.25, 0.3) is 0 Å². The largest absolute Gasteiger partial charge is 0.296 e. The molecule has 0 bridgehead atoms. The maximum Gasteiger partial charge on any atom is 0.131 e. The van der Waals surface area contributed by atoms with E-state index in [9.17, 15) is 0 Å². The molecule has 94 valence electrons. The van der Waals surface area contributed by atoms with Gasteiger partial charge in [-0.1, -0.05) is 25.4 Å². The van der Waals surface area contributed by atoms with E-state index in [1.807, 2.05) is 13.1 Å². The number of likely N-dealkylation sites (tertiary alicyclic amines) is 1. The van der Waals surface area contributed by atoms with Crippen LogP contribution in [0.1, 0.15) is 43.9 Å². The van der Waals surface area contributed by atoms with Crippen molar-refractivity contribution in [1.29, 1.82) is 0 Å². The summed E-state index contributed by atoms with van der Waals surface area (Å²) in [6.07, 6.45) is 4.48. The van der Waals surface area contributed by atoms with Gasteiger partial charge in [0.25, 0.3) is 0 Å². The van der Waals surface area contributed by atoms with E-state index in [-0.39, 0.29) is 0 Å². The molecule has 2 rings (SSSR count). The molecule has 0 aromatic carbocycles. The fourth-order valence-electron chi connectivity index (χ4n) is 2.65. The molecule has 2 nitrogen and oxygen atoms in total. The van der Waals surface area contributed by atoms with Gasteiger partial charge in [-0.3, -0.25) is 4.90 Å². The standard InChI is InChI=1S/C14H21ClN2/c1-10(2)9-17-6-4-5-13(17)12-7-11(3)14(15)16-8-12/h7-8,10,13H,4-6,9H2,1-3H3/t13-/m0/s1. The van der Waals surface area contributed by atoms with Crippen molar-refractivity contribution in [1.82, 2.24) is 9.88 Å². The van der Waals surface area contributed by atoms with Crippen molar-refractivity contribution in [3.63, 3.8) is 0 Å². The lowest BCUT2D eigenvalue weighted by Gasteiger charge is -2.26. The Bertz CT molecular complexity index is 390. The van der Waals surface area contributed by atoms with Crippen molar-refractivity contribution in [2.24, 2.45) is 5.92 Å². The van der Waals surface area contributed by atoms with Crippen molar-refractivity contribution < 1.29 is 0 Å². The molecule has 1 aliphatic rings. The van der Waals surface area contributed by atoms with Gasteiger partial charge < -0.3 is 0 Å². The van der Waals surface area contributed by atoms with Crippen molar-refractivity contribution in [2.75, 3.05) is 13.1 Å². The summed E-state index contributed by atoms with van der Waals surface area (Å²) in [5.74, 6) is 0.719. The second-order valence-electron chi connectivity index (χ2n) is 5.42. The van der Waals surface area contributed by atoms with E-state index in [1.165, 1.54) is 31.5 Å². The summed E-state index contributed by atoms with van der Waals surface area (Å²) < 4.78 is 0. The molecule has 3 heteroatoms. The molecule has 0 spiro atoms. The minimum absolute atomic E-state index is 0.542. The summed E-state index contributed by atoms with van der Waals surface area (Å²) in [6, 6.07) is 2.74. The molecule has 1 fully saturated rings. The van der Waals surface area contributed by atoms with Crippen molar-refractivity contribution in [3.05, 3.63) is 28.5 Å². The van der Waals surface area contributed by atoms with E-state index in [4.69, 9.17) is 11.6 Å². The summed E-state index contributed by atoms with van der Waals surface area (Å²) in [5.41, 5.74) is 2.41. The van der Waals surface area contributed by atoms with Crippen LogP contribution in [-0.4, -0.2) is 23.0 Å². The Morgan fingerprint density at radius 3 is 2.94 bits per heavy atom. The molecule has 2 heterocycles. The molecule has 1 saturated heterocycles. The van der Waals surface area contributed by atoms with E-state index in [0.29, 0.717) is 11.2 Å². The van der Waals surface area contributed by atoms with Gasteiger partial charge in [-0.05, 0) is 49.4 Å². The third kappa shape index (κ3) is 2.99. The maximum absolute atomic E-state index is 5.98. The second kappa shape index (κ2) is 5.36. The summed E-state index contributed by atoms with van der Waals surface area (Å²) in [5, 5.41) is 0.627. The second-order valence-corrected chi connectivity index (χ2v) is 5.78. The predicted octanol–water partition coefficient (Wildman–Crippen LogP) is 3.84. The molecule has 0 amide bonds. The predicted molar refractivity (Wildman–Crippen MR) is 72.4 cm³/mol. The lowest BCUT2D eigenvalue weighted by molar-refractivity contribution is 0.228. The van der Waals surface area contributed by atoms with Gasteiger partial charge in [0, 0.05) is 18.8 Å². The van der Waals surface area contributed by atoms with Crippen LogP contribution in [0.4, 0.5) is 0 Å². The number of hydrogen-bond acceptors (Lipinski definition) is 2. The van der Waals surface area contributed by atoms with Crippen LogP contribution in [0.15, 0.2) is 12.3 Å². The summed E-state index contributed by atoms with van der Waals surface area (Å²) in [4.78, 5) is 6.85. The van der Waals surface area contributed by atoms with Crippen LogP contribution in [0.3, 0.4) is 0 Å². The molecule has 0 N–H and O–H groups in total. The summed E-state index contributed by atoms with van der Waals surface area (Å²) in [7, 11) is 0. The number of hydrogen-bond donors (Lipinski definition) is 0. The minimum Gasteiger partial charge on any atom is -0.296 e. The highest BCUT2D eigenvalue weighted by Gasteiger charge is 2.26. The molecule has 0 saturated carbocycles. The Morgan fingerprint density at radius 2 is 2.29 bits per heavy atom. The zero-order chi connectivity index (χ0) is 12.4. The van der Waals surface area contributed by atoms with E-state index in [1.54, 1.807) is 0 Å². The van der Waals surface area contributed by atoms with Gasteiger partial charge in [0.15, 0.2) is 0 Å². The van der Waals surface area contributed by atoms with Crippen LogP contribution in [0.5, 0.6) is 0 Å². The summed E-state index contributed by atoms with van der Waals surface area (Å²) in [6.45, 7) is 8.97. The molecule has 1 aromatic heterocycles. The topological polar surface area (TPSA) is 16.1 Å². The minimum atomic E-state index is 0.542. The molecule has 0 aliphatic carbocycles. The van der Waals surface area contributed by atoms with Crippen LogP contribution < -0.4 is 0 Å². The van der Waals surface area contributed by atoms with Gasteiger partial charge in [-0.25, -0.2) is 4.98 Å². The van der Waals surface area contributed by atoms with Crippen LogP contribution in [0.2, 0.25) is 5.15 Å². The fraction of sp³-hybridized carbons (Fsp3) is 0.643. The molecular weight excluding hydrogens is 232 g/mol. The average molecular weight is 253 g/mol. The number of aromatic nitrogens is 1. The highest BCUT2D eigenvalue weighted by Crippen LogP contribution is 2.33. The third-order valence-corrected chi connectivity index (χ3v) is 3.78. The van der Waals surface area contributed by atoms with Gasteiger partial charge in [-0.15, -0.1) is 0 Å². The highest BCUT2D eigenvalue weighted by molar-refractivity contribution is 6.30. The van der Waals surface area contributed by atoms with E-state index >= 15 is 0 Å². The van der Waals surface area contributed by atoms with Crippen LogP contribution >= 0.6 is 11.6 Å². The Kier molecular flexibility index (Phi) is 4.05. The molecule has 0 unspecified atom stereocenters. The number of nitrogens with zero attached hydrogens (tertiary/aromatic N) is 2. The van der Waals surface area contributed by atoms with Gasteiger partial charge in [0.05, 0.1) is 0 Å². The third-order valence-electron chi connectivity index (χ3n) is 3.38. The van der Waals surface area contributed by atoms with Crippen molar-refractivity contribution >= 4 is 11.6 Å². The van der Waals surface area contributed by atoms with Gasteiger partial charge in [0.1, 0.15) is 5.15 Å². The normalized spacial score (nSPS) is 21.4. The SMILES string of the molecule is Cc1cc([C@@H]2CCCN2CC(C)C)cnc1Cl. The van der Waals surface area contributed by atoms with Crippen LogP contribution in [0, 0.1) is 12.8 Å². The zero-order valence-electron chi connectivity index (χ0n) is 10.9. The number of pyridine rings is 1. The molecule has 17 heavy (non-hydrogen) atoms. The first-order chi connectivity index (χ1) is 8.08. The molecule has 1 atom stereocenters. The van der Waals surface area contributed by atoms with E-state index < -0.39 is 0 Å². The number of halogens is 1. The fourth-order valence-corrected chi connectivity index (χ4v) is 2.76. The first kappa shape index (κ1) is 12.8. The Morgan fingerprint density at radius 1 is 1.53 bits per heavy atom. The molecule has 1 aliphatic heterocycles. The zero-order valence-corrected chi connectivity index (χ0v) is 11.7. The Balaban J connectivity index is 2.17. The summed E-state index contributed by atoms with van der Waals surface area (Å²) >= 11 is 5.98. The lowest BCUT2D eigenvalue weighted by atomic mass is 10.0. The monoisotopic (exact) mass is 252 g/mol. The molecular formula is C14H21ClN2. The van der Waals surface area contributed by atoms with Gasteiger partial charge in [-0.2, -0.15) is 0 Å². The van der Waals surface area contributed by atoms with E-state index in [0.717, 1.165) is 11.5 Å². The Labute approximate surface area is 109 Å². The van der Waals surface area contributed by atoms with Gasteiger partial charge >= 0.3 is 0 Å². The first-order valence-corrected chi connectivity index (χ1v) is 6.82. The molecule has 0 radical (unpaired) electrons. The highest BCUT2D eigenvalue weighted by atomic mass is 35.5. The van der Waals surface area contributed by atoms with Crippen molar-refractivity contribution in [2.45, 2.75) is 39.7 Å². The maximum atomic E-state index is 5.98. The molecule has 1 aromatic rings. The smallest absolute Gasteiger partial charge is 0.131 e. The van der Waals surface area contributed by atoms with Gasteiger partial charge in [0.2, 0.25) is 0 Å². The quantitative estimate of drug-likeness (QED) is 0.760. The number of aryl methyl sites for hydroxylation is 1. The first-order valence-electron chi connectivity index (χ1n) is 6.44. The lowest BCUT2D eigenvalue weighted by Crippen LogP contribution is -2.27. The Hall–Kier alpha value is -0.600.